The highest BCUT2D eigenvalue weighted by atomic mass is 32.2. The van der Waals surface area contributed by atoms with Gasteiger partial charge in [0, 0.05) is 29.8 Å². The van der Waals surface area contributed by atoms with Crippen molar-refractivity contribution < 1.29 is 27.1 Å². The van der Waals surface area contributed by atoms with E-state index in [9.17, 15) is 22.4 Å². The van der Waals surface area contributed by atoms with E-state index in [0.717, 1.165) is 11.8 Å². The van der Waals surface area contributed by atoms with Crippen LogP contribution in [-0.2, 0) is 20.2 Å². The van der Waals surface area contributed by atoms with Gasteiger partial charge >= 0.3 is 6.03 Å². The molecule has 1 aliphatic heterocycles. The van der Waals surface area contributed by atoms with Crippen molar-refractivity contribution in [3.05, 3.63) is 52.8 Å². The first-order valence-corrected chi connectivity index (χ1v) is 12.7. The van der Waals surface area contributed by atoms with E-state index in [0.29, 0.717) is 27.6 Å². The molecular formula is C24H29FN4O5S. The summed E-state index contributed by atoms with van der Waals surface area (Å²) in [5.74, 6) is 5.05. The normalized spacial score (nSPS) is 15.2. The fourth-order valence-electron chi connectivity index (χ4n) is 3.70. The summed E-state index contributed by atoms with van der Waals surface area (Å²) >= 11 is 0. The number of sulfonamides is 1. The zero-order valence-electron chi connectivity index (χ0n) is 20.3. The van der Waals surface area contributed by atoms with Gasteiger partial charge in [-0.25, -0.2) is 23.4 Å². The van der Waals surface area contributed by atoms with Crippen molar-refractivity contribution >= 4 is 45.5 Å². The average Bonchev–Trinajstić information content (AvgIpc) is 2.75. The van der Waals surface area contributed by atoms with Crippen LogP contribution < -0.4 is 20.2 Å². The van der Waals surface area contributed by atoms with Crippen LogP contribution in [0.2, 0.25) is 0 Å². The highest BCUT2D eigenvalue weighted by molar-refractivity contribution is 7.92. The maximum Gasteiger partial charge on any atom is 0.345 e. The maximum atomic E-state index is 14.4. The zero-order chi connectivity index (χ0) is 26.1. The number of imide groups is 1. The van der Waals surface area contributed by atoms with E-state index in [-0.39, 0.29) is 24.1 Å². The van der Waals surface area contributed by atoms with Gasteiger partial charge in [-0.2, -0.15) is 5.01 Å². The van der Waals surface area contributed by atoms with Crippen LogP contribution in [0.4, 0.5) is 20.6 Å². The number of halogens is 1. The Hall–Kier alpha value is -3.44. The van der Waals surface area contributed by atoms with E-state index < -0.39 is 27.8 Å². The quantitative estimate of drug-likeness (QED) is 0.351. The summed E-state index contributed by atoms with van der Waals surface area (Å²) in [7, 11) is -2.07. The summed E-state index contributed by atoms with van der Waals surface area (Å²) in [6.07, 6.45) is 4.41. The Morgan fingerprint density at radius 3 is 2.40 bits per heavy atom. The van der Waals surface area contributed by atoms with Gasteiger partial charge in [-0.1, -0.05) is 39.0 Å². The molecule has 0 spiro atoms. The molecule has 0 aliphatic carbocycles. The number of rotatable bonds is 6. The molecule has 2 aromatic rings. The molecule has 0 unspecified atom stereocenters. The van der Waals surface area contributed by atoms with Crippen LogP contribution in [0.25, 0.3) is 12.2 Å². The van der Waals surface area contributed by atoms with E-state index >= 15 is 0 Å². The Kier molecular flexibility index (Phi) is 7.23. The Morgan fingerprint density at radius 2 is 1.83 bits per heavy atom. The lowest BCUT2D eigenvalue weighted by Crippen LogP contribution is -2.55. The minimum absolute atomic E-state index is 0.0947. The minimum atomic E-state index is -3.61. The molecular weight excluding hydrogens is 475 g/mol. The molecule has 1 saturated heterocycles. The highest BCUT2D eigenvalue weighted by Crippen LogP contribution is 2.39. The van der Waals surface area contributed by atoms with Gasteiger partial charge in [0.2, 0.25) is 15.9 Å². The zero-order valence-corrected chi connectivity index (χ0v) is 21.1. The summed E-state index contributed by atoms with van der Waals surface area (Å²) in [6.45, 7) is 6.19. The Bertz CT molecular complexity index is 1300. The first kappa shape index (κ1) is 26.2. The molecule has 0 aromatic heterocycles. The monoisotopic (exact) mass is 504 g/mol. The van der Waals surface area contributed by atoms with Crippen LogP contribution in [0.15, 0.2) is 30.3 Å². The predicted octanol–water partition coefficient (Wildman–Crippen LogP) is 3.71. The Labute approximate surface area is 204 Å². The summed E-state index contributed by atoms with van der Waals surface area (Å²) in [5, 5.41) is 0.606. The van der Waals surface area contributed by atoms with Crippen molar-refractivity contribution in [2.24, 2.45) is 5.84 Å². The number of ether oxygens (including phenoxy) is 1. The molecule has 3 N–H and O–H groups in total. The van der Waals surface area contributed by atoms with Gasteiger partial charge in [0.15, 0.2) is 0 Å². The smallest absolute Gasteiger partial charge is 0.345 e. The number of benzene rings is 2. The minimum Gasteiger partial charge on any atom is -0.496 e. The molecule has 0 saturated carbocycles. The molecule has 0 atom stereocenters. The van der Waals surface area contributed by atoms with Gasteiger partial charge < -0.3 is 4.74 Å². The molecule has 1 heterocycles. The lowest BCUT2D eigenvalue weighted by atomic mass is 9.84. The van der Waals surface area contributed by atoms with E-state index in [1.807, 2.05) is 26.8 Å². The molecule has 11 heteroatoms. The topological polar surface area (TPSA) is 122 Å². The number of hydrogen-bond donors (Lipinski definition) is 2. The van der Waals surface area contributed by atoms with Crippen LogP contribution >= 0.6 is 0 Å². The number of nitrogens with zero attached hydrogens (tertiary/aromatic N) is 2. The molecule has 0 radical (unpaired) electrons. The van der Waals surface area contributed by atoms with Gasteiger partial charge in [0.1, 0.15) is 11.6 Å². The lowest BCUT2D eigenvalue weighted by Gasteiger charge is -2.33. The van der Waals surface area contributed by atoms with Crippen LogP contribution in [0.5, 0.6) is 5.75 Å². The molecule has 0 bridgehead atoms. The van der Waals surface area contributed by atoms with E-state index in [2.05, 4.69) is 4.72 Å². The maximum absolute atomic E-state index is 14.4. The number of methoxy groups -OCH3 is 1. The summed E-state index contributed by atoms with van der Waals surface area (Å²) in [4.78, 5) is 25.9. The van der Waals surface area contributed by atoms with Crippen LogP contribution in [0, 0.1) is 5.82 Å². The first-order valence-electron chi connectivity index (χ1n) is 10.8. The number of amides is 3. The second-order valence-electron chi connectivity index (χ2n) is 9.26. The second kappa shape index (κ2) is 9.67. The van der Waals surface area contributed by atoms with Crippen LogP contribution in [0.1, 0.15) is 43.9 Å². The van der Waals surface area contributed by atoms with Crippen molar-refractivity contribution in [1.29, 1.82) is 0 Å². The summed E-state index contributed by atoms with van der Waals surface area (Å²) in [5.41, 5.74) is 1.97. The predicted molar refractivity (Wildman–Crippen MR) is 134 cm³/mol. The number of hydrogen-bond acceptors (Lipinski definition) is 6. The lowest BCUT2D eigenvalue weighted by molar-refractivity contribution is -0.129. The summed E-state index contributed by atoms with van der Waals surface area (Å²) in [6, 6.07) is 7.06. The number of nitrogens with two attached hydrogens (primary N) is 1. The second-order valence-corrected chi connectivity index (χ2v) is 11.0. The van der Waals surface area contributed by atoms with E-state index in [1.165, 1.54) is 17.0 Å². The molecule has 1 aliphatic rings. The molecule has 3 amide bonds. The third-order valence-electron chi connectivity index (χ3n) is 5.43. The standard InChI is InChI=1S/C24H29FN4O5S/c1-24(2,3)18-14-17(28-11-10-21(30)29(26)23(28)31)13-16(22(18)34-4)8-6-15-7-9-20(19(25)12-15)27-35(5,32)33/h6-9,12-14,27H,10-11,26H2,1-5H3/b8-6+. The van der Waals surface area contributed by atoms with Crippen molar-refractivity contribution in [3.8, 4) is 5.75 Å². The van der Waals surface area contributed by atoms with Gasteiger partial charge in [0.05, 0.1) is 19.1 Å². The molecule has 2 aromatic carbocycles. The third kappa shape index (κ3) is 5.98. The van der Waals surface area contributed by atoms with Gasteiger partial charge in [-0.05, 0) is 35.2 Å². The fourth-order valence-corrected chi connectivity index (χ4v) is 4.27. The molecule has 3 rings (SSSR count). The summed E-state index contributed by atoms with van der Waals surface area (Å²) < 4.78 is 45.0. The van der Waals surface area contributed by atoms with E-state index in [1.54, 1.807) is 31.4 Å². The van der Waals surface area contributed by atoms with E-state index in [4.69, 9.17) is 10.6 Å². The van der Waals surface area contributed by atoms with Crippen molar-refractivity contribution in [2.75, 3.05) is 29.5 Å². The van der Waals surface area contributed by atoms with Gasteiger partial charge in [0.25, 0.3) is 0 Å². The SMILES string of the molecule is COc1c(/C=C/c2ccc(NS(C)(=O)=O)c(F)c2)cc(N2CCC(=O)N(N)C2=O)cc1C(C)(C)C. The van der Waals surface area contributed by atoms with Crippen LogP contribution in [0.3, 0.4) is 0 Å². The number of hydrazine groups is 1. The number of anilines is 2. The van der Waals surface area contributed by atoms with Crippen molar-refractivity contribution in [3.63, 3.8) is 0 Å². The highest BCUT2D eigenvalue weighted by Gasteiger charge is 2.32. The fraction of sp³-hybridized carbons (Fsp3) is 0.333. The van der Waals surface area contributed by atoms with Crippen molar-refractivity contribution in [2.45, 2.75) is 32.6 Å². The number of carbonyl (C=O) groups is 2. The Morgan fingerprint density at radius 1 is 1.14 bits per heavy atom. The van der Waals surface area contributed by atoms with Gasteiger partial charge in [-0.3, -0.25) is 14.4 Å². The molecule has 9 nitrogen and oxygen atoms in total. The molecule has 35 heavy (non-hydrogen) atoms. The number of carbonyl (C=O) groups excluding carboxylic acids is 2. The molecule has 1 fully saturated rings. The van der Waals surface area contributed by atoms with Crippen molar-refractivity contribution in [1.82, 2.24) is 5.01 Å². The third-order valence-corrected chi connectivity index (χ3v) is 6.02. The largest absolute Gasteiger partial charge is 0.496 e. The number of urea groups is 1. The Balaban J connectivity index is 2.06. The van der Waals surface area contributed by atoms with Gasteiger partial charge in [-0.15, -0.1) is 0 Å². The first-order chi connectivity index (χ1) is 16.2. The van der Waals surface area contributed by atoms with Crippen LogP contribution in [-0.4, -0.2) is 45.3 Å². The number of nitrogens with one attached hydrogen (secondary N) is 1. The molecule has 188 valence electrons. The average molecular weight is 505 g/mol.